The molecule has 4 rings (SSSR count). The number of hydrogen-bond acceptors (Lipinski definition) is 8. The third-order valence-electron chi connectivity index (χ3n) is 5.46. The number of ether oxygens (including phenoxy) is 3. The van der Waals surface area contributed by atoms with Crippen LogP contribution in [0.25, 0.3) is 6.08 Å². The summed E-state index contributed by atoms with van der Waals surface area (Å²) in [6.45, 7) is 0.0928. The maximum atomic E-state index is 13.0. The van der Waals surface area contributed by atoms with Crippen molar-refractivity contribution in [2.75, 3.05) is 20.3 Å². The first kappa shape index (κ1) is 28.8. The molecule has 0 radical (unpaired) electrons. The fourth-order valence-corrected chi connectivity index (χ4v) is 4.52. The van der Waals surface area contributed by atoms with E-state index in [0.29, 0.717) is 28.5 Å². The number of alkyl halides is 3. The van der Waals surface area contributed by atoms with Gasteiger partial charge in [0.1, 0.15) is 12.4 Å². The van der Waals surface area contributed by atoms with E-state index in [4.69, 9.17) is 25.8 Å². The summed E-state index contributed by atoms with van der Waals surface area (Å²) in [5.74, 6) is -0.350. The molecule has 1 heterocycles. The lowest BCUT2D eigenvalue weighted by atomic mass is 10.1. The number of imide groups is 1. The normalized spacial score (nSPS) is 14.5. The van der Waals surface area contributed by atoms with E-state index in [1.165, 1.54) is 31.4 Å². The zero-order valence-corrected chi connectivity index (χ0v) is 22.0. The van der Waals surface area contributed by atoms with E-state index in [-0.39, 0.29) is 29.6 Å². The van der Waals surface area contributed by atoms with Crippen LogP contribution in [0.5, 0.6) is 23.0 Å². The fraction of sp³-hybridized carbons (Fsp3) is 0.154. The minimum atomic E-state index is -4.77. The Hall–Kier alpha value is -4.23. The molecule has 0 spiro atoms. The Bertz CT molecular complexity index is 1500. The molecule has 9 nitrogen and oxygen atoms in total. The molecule has 1 fully saturated rings. The summed E-state index contributed by atoms with van der Waals surface area (Å²) in [6.07, 6.45) is -3.32. The van der Waals surface area contributed by atoms with Gasteiger partial charge in [0.2, 0.25) is 5.75 Å². The number of carbonyl (C=O) groups excluding carboxylic acids is 2. The smallest absolute Gasteiger partial charge is 0.416 e. The Morgan fingerprint density at radius 3 is 2.38 bits per heavy atom. The number of nitro groups is 1. The summed E-state index contributed by atoms with van der Waals surface area (Å²) in [7, 11) is 1.29. The Morgan fingerprint density at radius 1 is 1.02 bits per heavy atom. The largest absolute Gasteiger partial charge is 0.493 e. The topological polar surface area (TPSA) is 108 Å². The predicted molar refractivity (Wildman–Crippen MR) is 141 cm³/mol. The lowest BCUT2D eigenvalue weighted by Crippen LogP contribution is -2.32. The van der Waals surface area contributed by atoms with E-state index < -0.39 is 39.2 Å². The minimum absolute atomic E-state index is 0.0186. The van der Waals surface area contributed by atoms with Gasteiger partial charge in [0, 0.05) is 11.1 Å². The third-order valence-corrected chi connectivity index (χ3v) is 6.62. The van der Waals surface area contributed by atoms with Crippen molar-refractivity contribution in [3.63, 3.8) is 0 Å². The predicted octanol–water partition coefficient (Wildman–Crippen LogP) is 7.18. The first-order valence-electron chi connectivity index (χ1n) is 11.3. The molecule has 0 unspecified atom stereocenters. The van der Waals surface area contributed by atoms with Gasteiger partial charge in [0.05, 0.1) is 29.0 Å². The van der Waals surface area contributed by atoms with Crippen LogP contribution in [0.2, 0.25) is 5.02 Å². The van der Waals surface area contributed by atoms with Crippen LogP contribution in [0.3, 0.4) is 0 Å². The molecule has 0 aromatic heterocycles. The molecule has 40 heavy (non-hydrogen) atoms. The van der Waals surface area contributed by atoms with Crippen molar-refractivity contribution in [2.24, 2.45) is 0 Å². The number of nitrogens with zero attached hydrogens (tertiary/aromatic N) is 2. The van der Waals surface area contributed by atoms with Gasteiger partial charge in [-0.2, -0.15) is 13.2 Å². The second-order valence-corrected chi connectivity index (χ2v) is 9.52. The number of benzene rings is 3. The van der Waals surface area contributed by atoms with Crippen LogP contribution in [0.4, 0.5) is 23.7 Å². The van der Waals surface area contributed by atoms with Gasteiger partial charge in [-0.05, 0) is 71.9 Å². The van der Waals surface area contributed by atoms with Gasteiger partial charge in [-0.1, -0.05) is 17.7 Å². The average Bonchev–Trinajstić information content (AvgIpc) is 3.17. The number of hydrogen-bond donors (Lipinski definition) is 0. The van der Waals surface area contributed by atoms with Gasteiger partial charge in [-0.3, -0.25) is 24.6 Å². The lowest BCUT2D eigenvalue weighted by Gasteiger charge is -2.13. The standard InChI is InChI=1S/C26H18ClF3N2O7S/c1-37-22-12-15(2-8-21(22)39-20-9-3-16(26(28,29)30)14-19(20)32(35)36)13-23-24(33)31(25(34)40-23)10-11-38-18-6-4-17(27)5-7-18/h2-9,12-14H,10-11H2,1H3/b23-13-. The first-order valence-corrected chi connectivity index (χ1v) is 12.5. The molecule has 0 N–H and O–H groups in total. The van der Waals surface area contributed by atoms with Gasteiger partial charge in [0.25, 0.3) is 11.1 Å². The summed E-state index contributed by atoms with van der Waals surface area (Å²) < 4.78 is 55.3. The van der Waals surface area contributed by atoms with Gasteiger partial charge in [-0.25, -0.2) is 0 Å². The van der Waals surface area contributed by atoms with Crippen LogP contribution in [-0.2, 0) is 11.0 Å². The number of nitro benzene ring substituents is 1. The van der Waals surface area contributed by atoms with E-state index in [1.54, 1.807) is 24.3 Å². The lowest BCUT2D eigenvalue weighted by molar-refractivity contribution is -0.385. The highest BCUT2D eigenvalue weighted by molar-refractivity contribution is 8.18. The SMILES string of the molecule is COc1cc(/C=C2\SC(=O)N(CCOc3ccc(Cl)cc3)C2=O)ccc1Oc1ccc(C(F)(F)F)cc1[N+](=O)[O-]. The quantitative estimate of drug-likeness (QED) is 0.146. The van der Waals surface area contributed by atoms with Gasteiger partial charge < -0.3 is 14.2 Å². The summed E-state index contributed by atoms with van der Waals surface area (Å²) in [6, 6.07) is 12.8. The second-order valence-electron chi connectivity index (χ2n) is 8.09. The molecular formula is C26H18ClF3N2O7S. The maximum absolute atomic E-state index is 13.0. The molecule has 1 aliphatic rings. The van der Waals surface area contributed by atoms with Crippen molar-refractivity contribution in [2.45, 2.75) is 6.18 Å². The van der Waals surface area contributed by atoms with Crippen LogP contribution in [-0.4, -0.2) is 41.2 Å². The Balaban J connectivity index is 1.48. The molecule has 1 saturated heterocycles. The molecule has 3 aromatic carbocycles. The summed E-state index contributed by atoms with van der Waals surface area (Å²) >= 11 is 6.58. The van der Waals surface area contributed by atoms with Crippen LogP contribution >= 0.6 is 23.4 Å². The number of methoxy groups -OCH3 is 1. The van der Waals surface area contributed by atoms with Crippen LogP contribution in [0.15, 0.2) is 65.6 Å². The molecular weight excluding hydrogens is 577 g/mol. The molecule has 1 aliphatic heterocycles. The summed E-state index contributed by atoms with van der Waals surface area (Å²) in [5.41, 5.74) is -1.64. The van der Waals surface area contributed by atoms with Crippen molar-refractivity contribution in [3.05, 3.63) is 91.8 Å². The Kier molecular flexibility index (Phi) is 8.55. The summed E-state index contributed by atoms with van der Waals surface area (Å²) in [5, 5.41) is 11.4. The number of amides is 2. The maximum Gasteiger partial charge on any atom is 0.416 e. The van der Waals surface area contributed by atoms with E-state index in [2.05, 4.69) is 0 Å². The number of halogens is 4. The van der Waals surface area contributed by atoms with Crippen molar-refractivity contribution in [1.82, 2.24) is 4.90 Å². The van der Waals surface area contributed by atoms with E-state index in [0.717, 1.165) is 22.7 Å². The highest BCUT2D eigenvalue weighted by Crippen LogP contribution is 2.41. The van der Waals surface area contributed by atoms with Crippen LogP contribution in [0, 0.1) is 10.1 Å². The second kappa shape index (κ2) is 11.9. The fourth-order valence-electron chi connectivity index (χ4n) is 3.53. The van der Waals surface area contributed by atoms with Crippen molar-refractivity contribution in [1.29, 1.82) is 0 Å². The van der Waals surface area contributed by atoms with Crippen molar-refractivity contribution in [3.8, 4) is 23.0 Å². The molecule has 208 valence electrons. The average molecular weight is 595 g/mol. The summed E-state index contributed by atoms with van der Waals surface area (Å²) in [4.78, 5) is 36.8. The number of rotatable bonds is 9. The first-order chi connectivity index (χ1) is 19.0. The van der Waals surface area contributed by atoms with Crippen LogP contribution in [0.1, 0.15) is 11.1 Å². The van der Waals surface area contributed by atoms with Crippen LogP contribution < -0.4 is 14.2 Å². The van der Waals surface area contributed by atoms with E-state index in [9.17, 15) is 32.9 Å². The minimum Gasteiger partial charge on any atom is -0.493 e. The van der Waals surface area contributed by atoms with E-state index >= 15 is 0 Å². The molecule has 0 saturated carbocycles. The highest BCUT2D eigenvalue weighted by atomic mass is 35.5. The zero-order valence-electron chi connectivity index (χ0n) is 20.4. The zero-order chi connectivity index (χ0) is 29.0. The molecule has 3 aromatic rings. The van der Waals surface area contributed by atoms with E-state index in [1.807, 2.05) is 0 Å². The van der Waals surface area contributed by atoms with Gasteiger partial charge >= 0.3 is 11.9 Å². The molecule has 14 heteroatoms. The molecule has 2 amide bonds. The van der Waals surface area contributed by atoms with Gasteiger partial charge in [-0.15, -0.1) is 0 Å². The Morgan fingerprint density at radius 2 is 1.73 bits per heavy atom. The van der Waals surface area contributed by atoms with Crippen molar-refractivity contribution >= 4 is 46.3 Å². The Labute approximate surface area is 234 Å². The molecule has 0 atom stereocenters. The number of thioether (sulfide) groups is 1. The highest BCUT2D eigenvalue weighted by Gasteiger charge is 2.35. The molecule has 0 bridgehead atoms. The van der Waals surface area contributed by atoms with Crippen molar-refractivity contribution < 1.29 is 41.9 Å². The number of carbonyl (C=O) groups is 2. The molecule has 0 aliphatic carbocycles. The third kappa shape index (κ3) is 6.66. The monoisotopic (exact) mass is 594 g/mol. The van der Waals surface area contributed by atoms with Gasteiger partial charge in [0.15, 0.2) is 11.5 Å².